The molecular formula is C24H26N2O4. The van der Waals surface area contributed by atoms with Crippen LogP contribution < -0.4 is 20.3 Å². The third-order valence-corrected chi connectivity index (χ3v) is 4.47. The molecule has 0 unspecified atom stereocenters. The number of hydrogen-bond acceptors (Lipinski definition) is 4. The lowest BCUT2D eigenvalue weighted by Gasteiger charge is -2.11. The predicted octanol–water partition coefficient (Wildman–Crippen LogP) is 4.10. The molecule has 30 heavy (non-hydrogen) atoms. The fourth-order valence-electron chi connectivity index (χ4n) is 2.78. The van der Waals surface area contributed by atoms with Gasteiger partial charge in [-0.1, -0.05) is 50.2 Å². The Kier molecular flexibility index (Phi) is 7.27. The van der Waals surface area contributed by atoms with Gasteiger partial charge in [0.2, 0.25) is 0 Å². The first-order valence-electron chi connectivity index (χ1n) is 9.95. The Bertz CT molecular complexity index is 1020. The van der Waals surface area contributed by atoms with Crippen molar-refractivity contribution >= 4 is 22.6 Å². The number of carbonyl (C=O) groups excluding carboxylic acids is 2. The summed E-state index contributed by atoms with van der Waals surface area (Å²) in [4.78, 5) is 24.3. The van der Waals surface area contributed by atoms with Gasteiger partial charge in [0.25, 0.3) is 11.8 Å². The molecule has 0 fully saturated rings. The van der Waals surface area contributed by atoms with E-state index in [-0.39, 0.29) is 6.61 Å². The van der Waals surface area contributed by atoms with Crippen LogP contribution in [0.25, 0.3) is 10.8 Å². The fraction of sp³-hybridized carbons (Fsp3) is 0.250. The van der Waals surface area contributed by atoms with Crippen LogP contribution in [0.3, 0.4) is 0 Å². The number of amides is 2. The van der Waals surface area contributed by atoms with Crippen molar-refractivity contribution in [2.75, 3.05) is 13.2 Å². The summed E-state index contributed by atoms with van der Waals surface area (Å²) in [6, 6.07) is 20.3. The van der Waals surface area contributed by atoms with Gasteiger partial charge in [-0.2, -0.15) is 0 Å². The van der Waals surface area contributed by atoms with Gasteiger partial charge in [-0.15, -0.1) is 0 Å². The van der Waals surface area contributed by atoms with Gasteiger partial charge in [-0.3, -0.25) is 20.4 Å². The van der Waals surface area contributed by atoms with Crippen molar-refractivity contribution in [3.8, 4) is 11.5 Å². The summed E-state index contributed by atoms with van der Waals surface area (Å²) in [5, 5.41) is 2.12. The predicted molar refractivity (Wildman–Crippen MR) is 116 cm³/mol. The molecule has 0 aromatic heterocycles. The first-order valence-corrected chi connectivity index (χ1v) is 9.95. The zero-order valence-electron chi connectivity index (χ0n) is 17.2. The van der Waals surface area contributed by atoms with Gasteiger partial charge in [0.05, 0.1) is 6.61 Å². The summed E-state index contributed by atoms with van der Waals surface area (Å²) >= 11 is 0. The van der Waals surface area contributed by atoms with Gasteiger partial charge in [-0.05, 0) is 53.4 Å². The highest BCUT2D eigenvalue weighted by atomic mass is 16.5. The summed E-state index contributed by atoms with van der Waals surface area (Å²) in [6.07, 6.45) is 0.934. The van der Waals surface area contributed by atoms with Crippen LogP contribution in [-0.2, 0) is 4.79 Å². The van der Waals surface area contributed by atoms with Crippen LogP contribution in [0.2, 0.25) is 0 Å². The van der Waals surface area contributed by atoms with Gasteiger partial charge in [0, 0.05) is 5.56 Å². The van der Waals surface area contributed by atoms with E-state index in [0.29, 0.717) is 29.6 Å². The topological polar surface area (TPSA) is 76.7 Å². The first-order chi connectivity index (χ1) is 14.5. The highest BCUT2D eigenvalue weighted by Crippen LogP contribution is 2.20. The highest BCUT2D eigenvalue weighted by Gasteiger charge is 2.09. The maximum Gasteiger partial charge on any atom is 0.276 e. The van der Waals surface area contributed by atoms with Gasteiger partial charge < -0.3 is 9.47 Å². The molecule has 6 nitrogen and oxygen atoms in total. The van der Waals surface area contributed by atoms with Crippen molar-refractivity contribution < 1.29 is 19.1 Å². The standard InChI is InChI=1S/C24H26N2O4/c1-17(2)12-13-29-21-9-5-8-20(15-21)24(28)26-25-23(27)16-30-22-11-10-18-6-3-4-7-19(18)14-22/h3-11,14-15,17H,12-13,16H2,1-2H3,(H,25,27)(H,26,28). The molecule has 3 rings (SSSR count). The summed E-state index contributed by atoms with van der Waals surface area (Å²) in [7, 11) is 0. The van der Waals surface area contributed by atoms with Crippen LogP contribution in [0, 0.1) is 5.92 Å². The molecule has 0 spiro atoms. The Labute approximate surface area is 176 Å². The molecule has 3 aromatic rings. The SMILES string of the molecule is CC(C)CCOc1cccc(C(=O)NNC(=O)COc2ccc3ccccc3c2)c1. The largest absolute Gasteiger partial charge is 0.494 e. The Balaban J connectivity index is 1.46. The molecular weight excluding hydrogens is 380 g/mol. The van der Waals surface area contributed by atoms with Crippen molar-refractivity contribution in [1.29, 1.82) is 0 Å². The van der Waals surface area contributed by atoms with Crippen LogP contribution in [-0.4, -0.2) is 25.0 Å². The monoisotopic (exact) mass is 406 g/mol. The van der Waals surface area contributed by atoms with Crippen molar-refractivity contribution in [2.24, 2.45) is 5.92 Å². The number of fused-ring (bicyclic) bond motifs is 1. The van der Waals surface area contributed by atoms with E-state index in [9.17, 15) is 9.59 Å². The van der Waals surface area contributed by atoms with E-state index < -0.39 is 11.8 Å². The molecule has 3 aromatic carbocycles. The van der Waals surface area contributed by atoms with Crippen LogP contribution >= 0.6 is 0 Å². The summed E-state index contributed by atoms with van der Waals surface area (Å²) in [5.74, 6) is 0.864. The third kappa shape index (κ3) is 6.24. The van der Waals surface area contributed by atoms with Gasteiger partial charge in [-0.25, -0.2) is 0 Å². The molecule has 0 aliphatic heterocycles. The minimum atomic E-state index is -0.458. The van der Waals surface area contributed by atoms with Crippen LogP contribution in [0.15, 0.2) is 66.7 Å². The van der Waals surface area contributed by atoms with Gasteiger partial charge in [0.15, 0.2) is 6.61 Å². The van der Waals surface area contributed by atoms with E-state index in [1.807, 2.05) is 36.4 Å². The number of carbonyl (C=O) groups is 2. The van der Waals surface area contributed by atoms with E-state index in [1.54, 1.807) is 30.3 Å². The lowest BCUT2D eigenvalue weighted by molar-refractivity contribution is -0.123. The molecule has 0 heterocycles. The van der Waals surface area contributed by atoms with E-state index in [0.717, 1.165) is 17.2 Å². The second-order valence-electron chi connectivity index (χ2n) is 7.36. The first kappa shape index (κ1) is 21.2. The number of benzene rings is 3. The molecule has 0 aliphatic carbocycles. The van der Waals surface area contributed by atoms with E-state index in [4.69, 9.17) is 9.47 Å². The van der Waals surface area contributed by atoms with Crippen molar-refractivity contribution in [1.82, 2.24) is 10.9 Å². The van der Waals surface area contributed by atoms with Crippen LogP contribution in [0.5, 0.6) is 11.5 Å². The Morgan fingerprint density at radius 3 is 2.40 bits per heavy atom. The Morgan fingerprint density at radius 1 is 0.833 bits per heavy atom. The van der Waals surface area contributed by atoms with Crippen LogP contribution in [0.4, 0.5) is 0 Å². The smallest absolute Gasteiger partial charge is 0.276 e. The average molecular weight is 406 g/mol. The molecule has 156 valence electrons. The Hall–Kier alpha value is -3.54. The third-order valence-electron chi connectivity index (χ3n) is 4.47. The molecule has 0 radical (unpaired) electrons. The number of hydrazine groups is 1. The molecule has 0 saturated heterocycles. The van der Waals surface area contributed by atoms with E-state index in [2.05, 4.69) is 24.7 Å². The zero-order chi connectivity index (χ0) is 21.3. The Morgan fingerprint density at radius 2 is 1.60 bits per heavy atom. The van der Waals surface area contributed by atoms with Crippen molar-refractivity contribution in [3.63, 3.8) is 0 Å². The van der Waals surface area contributed by atoms with Gasteiger partial charge >= 0.3 is 0 Å². The number of rotatable bonds is 8. The fourth-order valence-corrected chi connectivity index (χ4v) is 2.78. The molecule has 2 amide bonds. The molecule has 0 aliphatic rings. The molecule has 0 saturated carbocycles. The molecule has 0 bridgehead atoms. The maximum absolute atomic E-state index is 12.3. The molecule has 2 N–H and O–H groups in total. The van der Waals surface area contributed by atoms with Gasteiger partial charge in [0.1, 0.15) is 11.5 Å². The lowest BCUT2D eigenvalue weighted by atomic mass is 10.1. The lowest BCUT2D eigenvalue weighted by Crippen LogP contribution is -2.43. The van der Waals surface area contributed by atoms with Crippen molar-refractivity contribution in [3.05, 3.63) is 72.3 Å². The number of ether oxygens (including phenoxy) is 2. The van der Waals surface area contributed by atoms with Crippen LogP contribution in [0.1, 0.15) is 30.6 Å². The normalized spacial score (nSPS) is 10.6. The second kappa shape index (κ2) is 10.3. The average Bonchev–Trinajstić information content (AvgIpc) is 2.76. The minimum absolute atomic E-state index is 0.211. The number of hydrogen-bond donors (Lipinski definition) is 2. The highest BCUT2D eigenvalue weighted by molar-refractivity contribution is 5.95. The summed E-state index contributed by atoms with van der Waals surface area (Å²) < 4.78 is 11.2. The van der Waals surface area contributed by atoms with E-state index >= 15 is 0 Å². The number of nitrogens with one attached hydrogen (secondary N) is 2. The maximum atomic E-state index is 12.3. The minimum Gasteiger partial charge on any atom is -0.494 e. The summed E-state index contributed by atoms with van der Waals surface area (Å²) in [5.41, 5.74) is 5.15. The summed E-state index contributed by atoms with van der Waals surface area (Å²) in [6.45, 7) is 4.63. The second-order valence-corrected chi connectivity index (χ2v) is 7.36. The zero-order valence-corrected chi connectivity index (χ0v) is 17.2. The van der Waals surface area contributed by atoms with Crippen molar-refractivity contribution in [2.45, 2.75) is 20.3 Å². The van der Waals surface area contributed by atoms with E-state index in [1.165, 1.54) is 0 Å². The molecule has 0 atom stereocenters. The molecule has 6 heteroatoms. The quantitative estimate of drug-likeness (QED) is 0.552.